The molecule has 0 bridgehead atoms. The van der Waals surface area contributed by atoms with Crippen molar-refractivity contribution in [3.8, 4) is 5.75 Å². The van der Waals surface area contributed by atoms with Gasteiger partial charge in [-0.25, -0.2) is 0 Å². The maximum Gasteiger partial charge on any atom is 0.127 e. The van der Waals surface area contributed by atoms with E-state index in [2.05, 4.69) is 38.0 Å². The molecular formula is C16H28N2O2. The predicted molar refractivity (Wildman–Crippen MR) is 82.1 cm³/mol. The Bertz CT molecular complexity index is 392. The van der Waals surface area contributed by atoms with Gasteiger partial charge in [-0.3, -0.25) is 4.98 Å². The summed E-state index contributed by atoms with van der Waals surface area (Å²) in [7, 11) is 0. The Morgan fingerprint density at radius 3 is 2.60 bits per heavy atom. The summed E-state index contributed by atoms with van der Waals surface area (Å²) in [5, 5.41) is 3.39. The lowest BCUT2D eigenvalue weighted by molar-refractivity contribution is 0.0815. The molecule has 0 saturated heterocycles. The fraction of sp³-hybridized carbons (Fsp3) is 0.688. The van der Waals surface area contributed by atoms with Crippen molar-refractivity contribution in [2.45, 2.75) is 47.2 Å². The minimum Gasteiger partial charge on any atom is -0.491 e. The van der Waals surface area contributed by atoms with Gasteiger partial charge in [-0.2, -0.15) is 0 Å². The number of nitrogens with one attached hydrogen (secondary N) is 1. The van der Waals surface area contributed by atoms with Crippen LogP contribution in [0.1, 0.15) is 39.0 Å². The molecule has 0 atom stereocenters. The van der Waals surface area contributed by atoms with Gasteiger partial charge in [0.15, 0.2) is 0 Å². The van der Waals surface area contributed by atoms with Crippen LogP contribution in [-0.2, 0) is 11.3 Å². The number of aryl methyl sites for hydroxylation is 1. The molecule has 0 fully saturated rings. The number of aromatic nitrogens is 1. The predicted octanol–water partition coefficient (Wildman–Crippen LogP) is 2.94. The Labute approximate surface area is 122 Å². The zero-order chi connectivity index (χ0) is 15.0. The van der Waals surface area contributed by atoms with Gasteiger partial charge in [0.2, 0.25) is 0 Å². The molecule has 0 aliphatic heterocycles. The van der Waals surface area contributed by atoms with Crippen molar-refractivity contribution in [1.82, 2.24) is 10.3 Å². The molecule has 4 heteroatoms. The third-order valence-corrected chi connectivity index (χ3v) is 2.72. The smallest absolute Gasteiger partial charge is 0.127 e. The van der Waals surface area contributed by atoms with Crippen LogP contribution in [0, 0.1) is 12.8 Å². The zero-order valence-corrected chi connectivity index (χ0v) is 13.4. The second-order valence-corrected chi connectivity index (χ2v) is 5.79. The molecule has 0 saturated carbocycles. The molecule has 0 amide bonds. The van der Waals surface area contributed by atoms with Gasteiger partial charge in [0.1, 0.15) is 12.4 Å². The summed E-state index contributed by atoms with van der Waals surface area (Å²) in [6, 6.07) is 2.43. The second-order valence-electron chi connectivity index (χ2n) is 5.79. The van der Waals surface area contributed by atoms with Gasteiger partial charge < -0.3 is 14.8 Å². The molecule has 0 aromatic carbocycles. The van der Waals surface area contributed by atoms with E-state index in [0.717, 1.165) is 30.2 Å². The van der Waals surface area contributed by atoms with Crippen LogP contribution in [0.4, 0.5) is 0 Å². The van der Waals surface area contributed by atoms with Gasteiger partial charge in [0.25, 0.3) is 0 Å². The number of ether oxygens (including phenoxy) is 2. The largest absolute Gasteiger partial charge is 0.491 e. The molecule has 1 aromatic rings. The molecule has 4 nitrogen and oxygen atoms in total. The van der Waals surface area contributed by atoms with Crippen LogP contribution in [0.2, 0.25) is 0 Å². The molecule has 20 heavy (non-hydrogen) atoms. The molecule has 0 unspecified atom stereocenters. The Hall–Kier alpha value is -1.13. The molecular weight excluding hydrogens is 252 g/mol. The SMILES string of the molecule is Cc1cc(OCCOCC(C)C)c(CNC(C)C)cn1. The van der Waals surface area contributed by atoms with E-state index < -0.39 is 0 Å². The van der Waals surface area contributed by atoms with Gasteiger partial charge in [0, 0.05) is 42.7 Å². The number of pyridine rings is 1. The van der Waals surface area contributed by atoms with Crippen molar-refractivity contribution < 1.29 is 9.47 Å². The van der Waals surface area contributed by atoms with Crippen LogP contribution in [0.3, 0.4) is 0 Å². The first-order chi connectivity index (χ1) is 9.49. The Morgan fingerprint density at radius 2 is 1.95 bits per heavy atom. The van der Waals surface area contributed by atoms with E-state index in [1.54, 1.807) is 0 Å². The van der Waals surface area contributed by atoms with Gasteiger partial charge in [-0.05, 0) is 12.8 Å². The van der Waals surface area contributed by atoms with E-state index in [9.17, 15) is 0 Å². The third-order valence-electron chi connectivity index (χ3n) is 2.72. The lowest BCUT2D eigenvalue weighted by Crippen LogP contribution is -2.22. The Morgan fingerprint density at radius 1 is 1.20 bits per heavy atom. The maximum absolute atomic E-state index is 5.83. The molecule has 0 spiro atoms. The molecule has 0 aliphatic carbocycles. The first kappa shape index (κ1) is 16.9. The van der Waals surface area contributed by atoms with Crippen LogP contribution in [0.15, 0.2) is 12.3 Å². The van der Waals surface area contributed by atoms with Crippen molar-refractivity contribution in [2.24, 2.45) is 5.92 Å². The standard InChI is InChI=1S/C16H28N2O2/c1-12(2)11-19-6-7-20-16-8-14(5)18-10-15(16)9-17-13(3)4/h8,10,12-13,17H,6-7,9,11H2,1-5H3. The van der Waals surface area contributed by atoms with E-state index in [1.165, 1.54) is 0 Å². The third kappa shape index (κ3) is 6.87. The molecule has 1 heterocycles. The fourth-order valence-corrected chi connectivity index (χ4v) is 1.67. The summed E-state index contributed by atoms with van der Waals surface area (Å²) in [6.45, 7) is 13.3. The van der Waals surface area contributed by atoms with Crippen molar-refractivity contribution in [2.75, 3.05) is 19.8 Å². The van der Waals surface area contributed by atoms with Crippen LogP contribution in [0.25, 0.3) is 0 Å². The number of hydrogen-bond donors (Lipinski definition) is 1. The highest BCUT2D eigenvalue weighted by Crippen LogP contribution is 2.18. The topological polar surface area (TPSA) is 43.4 Å². The van der Waals surface area contributed by atoms with Crippen LogP contribution >= 0.6 is 0 Å². The summed E-state index contributed by atoms with van der Waals surface area (Å²) < 4.78 is 11.4. The summed E-state index contributed by atoms with van der Waals surface area (Å²) in [5.41, 5.74) is 2.06. The first-order valence-electron chi connectivity index (χ1n) is 7.38. The highest BCUT2D eigenvalue weighted by atomic mass is 16.5. The maximum atomic E-state index is 5.83. The summed E-state index contributed by atoms with van der Waals surface area (Å²) in [5.74, 6) is 1.46. The van der Waals surface area contributed by atoms with Gasteiger partial charge >= 0.3 is 0 Å². The summed E-state index contributed by atoms with van der Waals surface area (Å²) >= 11 is 0. The highest BCUT2D eigenvalue weighted by Gasteiger charge is 2.06. The second kappa shape index (κ2) is 8.93. The van der Waals surface area contributed by atoms with Crippen molar-refractivity contribution in [3.05, 3.63) is 23.5 Å². The molecule has 1 N–H and O–H groups in total. The van der Waals surface area contributed by atoms with E-state index in [1.807, 2.05) is 19.2 Å². The van der Waals surface area contributed by atoms with Crippen molar-refractivity contribution >= 4 is 0 Å². The van der Waals surface area contributed by atoms with Crippen LogP contribution < -0.4 is 10.1 Å². The van der Waals surface area contributed by atoms with E-state index in [4.69, 9.17) is 9.47 Å². The van der Waals surface area contributed by atoms with Crippen LogP contribution in [0.5, 0.6) is 5.75 Å². The zero-order valence-electron chi connectivity index (χ0n) is 13.4. The van der Waals surface area contributed by atoms with E-state index >= 15 is 0 Å². The Balaban J connectivity index is 2.47. The van der Waals surface area contributed by atoms with Crippen molar-refractivity contribution in [3.63, 3.8) is 0 Å². The highest BCUT2D eigenvalue weighted by molar-refractivity contribution is 5.32. The van der Waals surface area contributed by atoms with E-state index in [0.29, 0.717) is 25.2 Å². The van der Waals surface area contributed by atoms with Gasteiger partial charge in [-0.1, -0.05) is 27.7 Å². The molecule has 1 aromatic heterocycles. The number of hydrogen-bond acceptors (Lipinski definition) is 4. The monoisotopic (exact) mass is 280 g/mol. The van der Waals surface area contributed by atoms with Gasteiger partial charge in [0.05, 0.1) is 6.61 Å². The molecule has 0 radical (unpaired) electrons. The number of nitrogens with zero attached hydrogens (tertiary/aromatic N) is 1. The fourth-order valence-electron chi connectivity index (χ4n) is 1.67. The van der Waals surface area contributed by atoms with Crippen LogP contribution in [-0.4, -0.2) is 30.8 Å². The average molecular weight is 280 g/mol. The molecule has 114 valence electrons. The Kier molecular flexibility index (Phi) is 7.55. The number of rotatable bonds is 9. The quantitative estimate of drug-likeness (QED) is 0.706. The summed E-state index contributed by atoms with van der Waals surface area (Å²) in [4.78, 5) is 4.33. The molecule has 1 rings (SSSR count). The van der Waals surface area contributed by atoms with Gasteiger partial charge in [-0.15, -0.1) is 0 Å². The lowest BCUT2D eigenvalue weighted by Gasteiger charge is -2.14. The van der Waals surface area contributed by atoms with Crippen molar-refractivity contribution in [1.29, 1.82) is 0 Å². The first-order valence-corrected chi connectivity index (χ1v) is 7.38. The average Bonchev–Trinajstić information content (AvgIpc) is 2.36. The minimum atomic E-state index is 0.443. The summed E-state index contributed by atoms with van der Waals surface area (Å²) in [6.07, 6.45) is 1.88. The minimum absolute atomic E-state index is 0.443. The normalized spacial score (nSPS) is 11.3. The molecule has 0 aliphatic rings. The van der Waals surface area contributed by atoms with E-state index in [-0.39, 0.29) is 0 Å². The lowest BCUT2D eigenvalue weighted by atomic mass is 10.2.